The number of carbonyl (C=O) groups is 1. The van der Waals surface area contributed by atoms with Gasteiger partial charge in [0.1, 0.15) is 0 Å². The third kappa shape index (κ3) is 4.83. The minimum absolute atomic E-state index is 0.0170. The molecule has 0 heterocycles. The molecule has 1 aromatic carbocycles. The largest absolute Gasteiger partial charge is 0.416 e. The Labute approximate surface area is 116 Å². The minimum Gasteiger partial charge on any atom is -0.396 e. The molecule has 1 amide bonds. The van der Waals surface area contributed by atoms with Crippen molar-refractivity contribution in [2.45, 2.75) is 19.0 Å². The summed E-state index contributed by atoms with van der Waals surface area (Å²) < 4.78 is 37.9. The second-order valence-corrected chi connectivity index (χ2v) is 4.73. The van der Waals surface area contributed by atoms with Crippen molar-refractivity contribution in [1.29, 1.82) is 0 Å². The Balaban J connectivity index is 2.78. The fraction of sp³-hybridized carbons (Fsp3) is 0.417. The van der Waals surface area contributed by atoms with Crippen LogP contribution in [0.3, 0.4) is 0 Å². The Bertz CT molecular complexity index is 449. The van der Waals surface area contributed by atoms with Crippen molar-refractivity contribution in [3.05, 3.63) is 33.8 Å². The number of nitrogens with one attached hydrogen (secondary N) is 1. The van der Waals surface area contributed by atoms with Gasteiger partial charge < -0.3 is 10.4 Å². The monoisotopic (exact) mass is 339 g/mol. The fourth-order valence-electron chi connectivity index (χ4n) is 1.41. The molecule has 0 aliphatic rings. The molecule has 106 valence electrons. The van der Waals surface area contributed by atoms with E-state index in [1.807, 2.05) is 0 Å². The molecule has 0 saturated heterocycles. The number of aliphatic hydroxyl groups is 1. The molecule has 19 heavy (non-hydrogen) atoms. The molecule has 0 aliphatic carbocycles. The van der Waals surface area contributed by atoms with Crippen molar-refractivity contribution in [3.63, 3.8) is 0 Å². The van der Waals surface area contributed by atoms with Crippen molar-refractivity contribution in [2.24, 2.45) is 0 Å². The van der Waals surface area contributed by atoms with Crippen molar-refractivity contribution < 1.29 is 23.1 Å². The van der Waals surface area contributed by atoms with Gasteiger partial charge in [-0.2, -0.15) is 13.2 Å². The standard InChI is InChI=1S/C12H13BrF3NO2/c13-10-4-3-8(12(14,15)16)7-9(10)11(19)17-5-1-2-6-18/h3-4,7,18H,1-2,5-6H2,(H,17,19). The van der Waals surface area contributed by atoms with Crippen LogP contribution in [-0.4, -0.2) is 24.2 Å². The predicted molar refractivity (Wildman–Crippen MR) is 67.8 cm³/mol. The van der Waals surface area contributed by atoms with Crippen molar-refractivity contribution in [2.75, 3.05) is 13.2 Å². The molecule has 0 aromatic heterocycles. The van der Waals surface area contributed by atoms with Gasteiger partial charge in [0.25, 0.3) is 5.91 Å². The Hall–Kier alpha value is -1.08. The molecule has 2 N–H and O–H groups in total. The van der Waals surface area contributed by atoms with E-state index in [2.05, 4.69) is 21.2 Å². The lowest BCUT2D eigenvalue weighted by Crippen LogP contribution is -2.25. The van der Waals surface area contributed by atoms with E-state index in [-0.39, 0.29) is 12.2 Å². The number of carbonyl (C=O) groups excluding carboxylic acids is 1. The molecule has 1 rings (SSSR count). The highest BCUT2D eigenvalue weighted by Gasteiger charge is 2.31. The van der Waals surface area contributed by atoms with Gasteiger partial charge in [0.15, 0.2) is 0 Å². The average Bonchev–Trinajstić information content (AvgIpc) is 2.33. The lowest BCUT2D eigenvalue weighted by molar-refractivity contribution is -0.137. The predicted octanol–water partition coefficient (Wildman–Crippen LogP) is 2.97. The van der Waals surface area contributed by atoms with Crippen LogP contribution in [0.2, 0.25) is 0 Å². The van der Waals surface area contributed by atoms with Gasteiger partial charge >= 0.3 is 6.18 Å². The second kappa shape index (κ2) is 6.91. The summed E-state index contributed by atoms with van der Waals surface area (Å²) in [6.45, 7) is 0.325. The van der Waals surface area contributed by atoms with Crippen LogP contribution < -0.4 is 5.32 Å². The van der Waals surface area contributed by atoms with Crippen LogP contribution in [0.15, 0.2) is 22.7 Å². The molecule has 3 nitrogen and oxygen atoms in total. The molecule has 0 unspecified atom stereocenters. The summed E-state index contributed by atoms with van der Waals surface area (Å²) in [4.78, 5) is 11.7. The number of benzene rings is 1. The van der Waals surface area contributed by atoms with E-state index in [9.17, 15) is 18.0 Å². The Morgan fingerprint density at radius 3 is 2.58 bits per heavy atom. The van der Waals surface area contributed by atoms with Gasteiger partial charge in [-0.3, -0.25) is 4.79 Å². The normalized spacial score (nSPS) is 11.4. The first-order valence-corrected chi connectivity index (χ1v) is 6.41. The van der Waals surface area contributed by atoms with Crippen LogP contribution in [0.4, 0.5) is 13.2 Å². The zero-order valence-electron chi connectivity index (χ0n) is 9.93. The van der Waals surface area contributed by atoms with Gasteiger partial charge in [-0.05, 0) is 47.0 Å². The topological polar surface area (TPSA) is 49.3 Å². The molecule has 1 aromatic rings. The van der Waals surface area contributed by atoms with Gasteiger partial charge in [-0.25, -0.2) is 0 Å². The number of alkyl halides is 3. The van der Waals surface area contributed by atoms with E-state index < -0.39 is 17.6 Å². The van der Waals surface area contributed by atoms with E-state index in [1.54, 1.807) is 0 Å². The van der Waals surface area contributed by atoms with Gasteiger partial charge in [0.2, 0.25) is 0 Å². The molecule has 0 atom stereocenters. The van der Waals surface area contributed by atoms with E-state index in [0.717, 1.165) is 12.1 Å². The van der Waals surface area contributed by atoms with E-state index in [0.29, 0.717) is 23.9 Å². The highest BCUT2D eigenvalue weighted by molar-refractivity contribution is 9.10. The molecule has 0 radical (unpaired) electrons. The number of unbranched alkanes of at least 4 members (excludes halogenated alkanes) is 1. The summed E-state index contributed by atoms with van der Waals surface area (Å²) in [7, 11) is 0. The van der Waals surface area contributed by atoms with Crippen molar-refractivity contribution >= 4 is 21.8 Å². The van der Waals surface area contributed by atoms with Gasteiger partial charge in [-0.1, -0.05) is 0 Å². The third-order valence-corrected chi connectivity index (χ3v) is 3.10. The second-order valence-electron chi connectivity index (χ2n) is 3.88. The maximum Gasteiger partial charge on any atom is 0.416 e. The van der Waals surface area contributed by atoms with Crippen LogP contribution >= 0.6 is 15.9 Å². The summed E-state index contributed by atoms with van der Waals surface area (Å²) in [5, 5.41) is 11.1. The van der Waals surface area contributed by atoms with E-state index >= 15 is 0 Å². The van der Waals surface area contributed by atoms with Crippen LogP contribution in [0.5, 0.6) is 0 Å². The van der Waals surface area contributed by atoms with E-state index in [4.69, 9.17) is 5.11 Å². The average molecular weight is 340 g/mol. The maximum absolute atomic E-state index is 12.5. The molecule has 0 aliphatic heterocycles. The van der Waals surface area contributed by atoms with Crippen LogP contribution in [0.25, 0.3) is 0 Å². The summed E-state index contributed by atoms with van der Waals surface area (Å²) in [6, 6.07) is 2.92. The number of amides is 1. The molecular formula is C12H13BrF3NO2. The Kier molecular flexibility index (Phi) is 5.81. The smallest absolute Gasteiger partial charge is 0.396 e. The Morgan fingerprint density at radius 1 is 1.32 bits per heavy atom. The first-order valence-electron chi connectivity index (χ1n) is 5.62. The van der Waals surface area contributed by atoms with Crippen LogP contribution in [-0.2, 0) is 6.18 Å². The number of rotatable bonds is 5. The van der Waals surface area contributed by atoms with Crippen molar-refractivity contribution in [1.82, 2.24) is 5.32 Å². The van der Waals surface area contributed by atoms with Crippen LogP contribution in [0.1, 0.15) is 28.8 Å². The van der Waals surface area contributed by atoms with Crippen LogP contribution in [0, 0.1) is 0 Å². The summed E-state index contributed by atoms with van der Waals surface area (Å²) in [5.41, 5.74) is -0.921. The highest BCUT2D eigenvalue weighted by atomic mass is 79.9. The zero-order valence-corrected chi connectivity index (χ0v) is 11.5. The third-order valence-electron chi connectivity index (χ3n) is 2.41. The zero-order chi connectivity index (χ0) is 14.5. The summed E-state index contributed by atoms with van der Waals surface area (Å²) in [6.07, 6.45) is -3.38. The van der Waals surface area contributed by atoms with Gasteiger partial charge in [0.05, 0.1) is 11.1 Å². The lowest BCUT2D eigenvalue weighted by atomic mass is 10.1. The minimum atomic E-state index is -4.48. The molecule has 0 saturated carbocycles. The first-order chi connectivity index (χ1) is 8.86. The number of halogens is 4. The fourth-order valence-corrected chi connectivity index (χ4v) is 1.84. The lowest BCUT2D eigenvalue weighted by Gasteiger charge is -2.11. The molecule has 0 bridgehead atoms. The molecule has 7 heteroatoms. The number of hydrogen-bond donors (Lipinski definition) is 2. The van der Waals surface area contributed by atoms with Gasteiger partial charge in [-0.15, -0.1) is 0 Å². The molecular weight excluding hydrogens is 327 g/mol. The quantitative estimate of drug-likeness (QED) is 0.810. The van der Waals surface area contributed by atoms with Crippen molar-refractivity contribution in [3.8, 4) is 0 Å². The first kappa shape index (κ1) is 16.0. The SMILES string of the molecule is O=C(NCCCCO)c1cc(C(F)(F)F)ccc1Br. The number of aliphatic hydroxyl groups excluding tert-OH is 1. The summed E-state index contributed by atoms with van der Waals surface area (Å²) in [5.74, 6) is -0.573. The number of hydrogen-bond acceptors (Lipinski definition) is 2. The maximum atomic E-state index is 12.5. The van der Waals surface area contributed by atoms with E-state index in [1.165, 1.54) is 6.07 Å². The molecule has 0 fully saturated rings. The summed E-state index contributed by atoms with van der Waals surface area (Å²) >= 11 is 3.05. The molecule has 0 spiro atoms. The van der Waals surface area contributed by atoms with Gasteiger partial charge in [0, 0.05) is 17.6 Å². The highest BCUT2D eigenvalue weighted by Crippen LogP contribution is 2.31. The Morgan fingerprint density at radius 2 is 2.00 bits per heavy atom.